The Morgan fingerprint density at radius 2 is 1.95 bits per heavy atom. The van der Waals surface area contributed by atoms with Gasteiger partial charge in [-0.15, -0.1) is 0 Å². The second-order valence-electron chi connectivity index (χ2n) is 4.74. The summed E-state index contributed by atoms with van der Waals surface area (Å²) < 4.78 is 5.27. The van der Waals surface area contributed by atoms with Gasteiger partial charge in [-0.25, -0.2) is 0 Å². The predicted octanol–water partition coefficient (Wildman–Crippen LogP) is 4.80. The number of methoxy groups -OCH3 is 1. The molecule has 0 unspecified atom stereocenters. The Morgan fingerprint density at radius 3 is 2.64 bits per heavy atom. The molecule has 22 heavy (non-hydrogen) atoms. The number of aryl methyl sites for hydroxylation is 1. The van der Waals surface area contributed by atoms with Crippen molar-refractivity contribution in [3.8, 4) is 5.75 Å². The van der Waals surface area contributed by atoms with Gasteiger partial charge >= 0.3 is 0 Å². The van der Waals surface area contributed by atoms with Crippen molar-refractivity contribution in [2.75, 3.05) is 12.4 Å². The first-order valence-electron chi connectivity index (χ1n) is 6.63. The summed E-state index contributed by atoms with van der Waals surface area (Å²) in [5.74, 6) is 0.673. The molecule has 0 aliphatic rings. The lowest BCUT2D eigenvalue weighted by Gasteiger charge is -2.14. The molecule has 0 saturated heterocycles. The lowest BCUT2D eigenvalue weighted by molar-refractivity contribution is 0.417. The summed E-state index contributed by atoms with van der Waals surface area (Å²) in [7, 11) is 1.60. The lowest BCUT2D eigenvalue weighted by Crippen LogP contribution is -2.28. The number of hydrogen-bond donors (Lipinski definition) is 2. The van der Waals surface area contributed by atoms with Crippen LogP contribution in [0.25, 0.3) is 0 Å². The molecular weight excluding hydrogens is 339 g/mol. The Labute approximate surface area is 145 Å². The van der Waals surface area contributed by atoms with Crippen molar-refractivity contribution in [2.24, 2.45) is 0 Å². The highest BCUT2D eigenvalue weighted by Crippen LogP contribution is 2.27. The Morgan fingerprint density at radius 1 is 1.18 bits per heavy atom. The van der Waals surface area contributed by atoms with Crippen LogP contribution >= 0.6 is 35.4 Å². The lowest BCUT2D eigenvalue weighted by atomic mass is 10.1. The van der Waals surface area contributed by atoms with Crippen LogP contribution in [-0.2, 0) is 6.54 Å². The van der Waals surface area contributed by atoms with Crippen LogP contribution in [0, 0.1) is 6.92 Å². The highest BCUT2D eigenvalue weighted by Gasteiger charge is 2.06. The minimum absolute atomic E-state index is 0.484. The topological polar surface area (TPSA) is 33.3 Å². The molecule has 0 aromatic heterocycles. The molecule has 0 aliphatic carbocycles. The fourth-order valence-corrected chi connectivity index (χ4v) is 2.43. The molecule has 2 aromatic carbocycles. The number of nitrogens with one attached hydrogen (secondary N) is 2. The smallest absolute Gasteiger partial charge is 0.171 e. The van der Waals surface area contributed by atoms with Gasteiger partial charge in [-0.1, -0.05) is 35.3 Å². The van der Waals surface area contributed by atoms with Gasteiger partial charge in [0.1, 0.15) is 5.75 Å². The van der Waals surface area contributed by atoms with Crippen molar-refractivity contribution in [3.05, 3.63) is 57.6 Å². The Balaban J connectivity index is 1.98. The van der Waals surface area contributed by atoms with E-state index in [9.17, 15) is 0 Å². The van der Waals surface area contributed by atoms with E-state index >= 15 is 0 Å². The number of halogens is 2. The first kappa shape index (κ1) is 16.9. The number of rotatable bonds is 4. The minimum Gasteiger partial charge on any atom is -0.495 e. The van der Waals surface area contributed by atoms with Crippen LogP contribution < -0.4 is 15.4 Å². The second-order valence-corrected chi connectivity index (χ2v) is 5.99. The number of thiocarbonyl (C=S) groups is 1. The molecule has 116 valence electrons. The van der Waals surface area contributed by atoms with Crippen LogP contribution in [0.15, 0.2) is 36.4 Å². The number of ether oxygens (including phenoxy) is 1. The molecule has 0 heterocycles. The van der Waals surface area contributed by atoms with E-state index in [1.165, 1.54) is 0 Å². The highest BCUT2D eigenvalue weighted by molar-refractivity contribution is 7.80. The fourth-order valence-electron chi connectivity index (χ4n) is 1.87. The largest absolute Gasteiger partial charge is 0.495 e. The predicted molar refractivity (Wildman–Crippen MR) is 97.3 cm³/mol. The standard InChI is InChI=1S/C16H16Cl2N2OS/c1-10-3-4-11(7-13(10)18)9-19-16(22)20-14-8-12(17)5-6-15(14)21-2/h3-8H,9H2,1-2H3,(H2,19,20,22). The molecule has 0 radical (unpaired) electrons. The quantitative estimate of drug-likeness (QED) is 0.772. The number of hydrogen-bond acceptors (Lipinski definition) is 2. The zero-order valence-electron chi connectivity index (χ0n) is 12.2. The number of benzene rings is 2. The van der Waals surface area contributed by atoms with Crippen molar-refractivity contribution in [3.63, 3.8) is 0 Å². The average Bonchev–Trinajstić information content (AvgIpc) is 2.49. The summed E-state index contributed by atoms with van der Waals surface area (Å²) >= 11 is 17.4. The van der Waals surface area contributed by atoms with Crippen molar-refractivity contribution in [1.29, 1.82) is 0 Å². The molecule has 3 nitrogen and oxygen atoms in total. The summed E-state index contributed by atoms with van der Waals surface area (Å²) in [6.45, 7) is 2.55. The molecule has 0 saturated carbocycles. The Bertz CT molecular complexity index is 692. The van der Waals surface area contributed by atoms with Gasteiger partial charge in [0.05, 0.1) is 12.8 Å². The maximum atomic E-state index is 6.11. The monoisotopic (exact) mass is 354 g/mol. The van der Waals surface area contributed by atoms with Crippen LogP contribution in [0.5, 0.6) is 5.75 Å². The van der Waals surface area contributed by atoms with Crippen molar-refractivity contribution >= 4 is 46.2 Å². The van der Waals surface area contributed by atoms with Gasteiger partial charge in [0.15, 0.2) is 5.11 Å². The normalized spacial score (nSPS) is 10.2. The van der Waals surface area contributed by atoms with Gasteiger partial charge in [0.2, 0.25) is 0 Å². The van der Waals surface area contributed by atoms with E-state index in [0.29, 0.717) is 22.4 Å². The van der Waals surface area contributed by atoms with Gasteiger partial charge in [-0.05, 0) is 54.5 Å². The molecule has 0 amide bonds. The molecule has 0 fully saturated rings. The molecule has 0 atom stereocenters. The van der Waals surface area contributed by atoms with E-state index in [1.54, 1.807) is 25.3 Å². The summed E-state index contributed by atoms with van der Waals surface area (Å²) in [6.07, 6.45) is 0. The molecule has 0 bridgehead atoms. The number of anilines is 1. The van der Waals surface area contributed by atoms with Crippen molar-refractivity contribution in [1.82, 2.24) is 5.32 Å². The Hall–Kier alpha value is -1.49. The molecule has 2 N–H and O–H groups in total. The third kappa shape index (κ3) is 4.50. The summed E-state index contributed by atoms with van der Waals surface area (Å²) in [5.41, 5.74) is 2.82. The van der Waals surface area contributed by atoms with Crippen LogP contribution in [0.3, 0.4) is 0 Å². The van der Waals surface area contributed by atoms with Gasteiger partial charge in [0.25, 0.3) is 0 Å². The van der Waals surface area contributed by atoms with Gasteiger partial charge in [-0.2, -0.15) is 0 Å². The second kappa shape index (κ2) is 7.68. The maximum Gasteiger partial charge on any atom is 0.171 e. The van der Waals surface area contributed by atoms with E-state index in [4.69, 9.17) is 40.2 Å². The molecule has 2 rings (SSSR count). The molecule has 0 aliphatic heterocycles. The Kier molecular flexibility index (Phi) is 5.89. The van der Waals surface area contributed by atoms with E-state index in [0.717, 1.165) is 21.8 Å². The SMILES string of the molecule is COc1ccc(Cl)cc1NC(=S)NCc1ccc(C)c(Cl)c1. The van der Waals surface area contributed by atoms with Crippen molar-refractivity contribution < 1.29 is 4.74 Å². The van der Waals surface area contributed by atoms with Gasteiger partial charge in [0, 0.05) is 16.6 Å². The van der Waals surface area contributed by atoms with E-state index in [2.05, 4.69) is 10.6 Å². The zero-order chi connectivity index (χ0) is 16.1. The van der Waals surface area contributed by atoms with Crippen molar-refractivity contribution in [2.45, 2.75) is 13.5 Å². The summed E-state index contributed by atoms with van der Waals surface area (Å²) in [6, 6.07) is 11.2. The van der Waals surface area contributed by atoms with E-state index in [1.807, 2.05) is 25.1 Å². The highest BCUT2D eigenvalue weighted by atomic mass is 35.5. The van der Waals surface area contributed by atoms with Crippen LogP contribution in [-0.4, -0.2) is 12.2 Å². The van der Waals surface area contributed by atoms with Crippen LogP contribution in [0.4, 0.5) is 5.69 Å². The molecule has 6 heteroatoms. The summed E-state index contributed by atoms with van der Waals surface area (Å²) in [4.78, 5) is 0. The third-order valence-corrected chi connectivity index (χ3v) is 3.99. The summed E-state index contributed by atoms with van der Waals surface area (Å²) in [5, 5.41) is 8.04. The maximum absolute atomic E-state index is 6.11. The zero-order valence-corrected chi connectivity index (χ0v) is 14.6. The van der Waals surface area contributed by atoms with Crippen LogP contribution in [0.2, 0.25) is 10.0 Å². The van der Waals surface area contributed by atoms with Gasteiger partial charge in [-0.3, -0.25) is 0 Å². The molecular formula is C16H16Cl2N2OS. The minimum atomic E-state index is 0.484. The van der Waals surface area contributed by atoms with Crippen LogP contribution in [0.1, 0.15) is 11.1 Å². The van der Waals surface area contributed by atoms with E-state index < -0.39 is 0 Å². The first-order valence-corrected chi connectivity index (χ1v) is 7.79. The molecule has 2 aromatic rings. The fraction of sp³-hybridized carbons (Fsp3) is 0.188. The van der Waals surface area contributed by atoms with E-state index in [-0.39, 0.29) is 0 Å². The first-order chi connectivity index (χ1) is 10.5. The average molecular weight is 355 g/mol. The third-order valence-electron chi connectivity index (χ3n) is 3.10. The van der Waals surface area contributed by atoms with Gasteiger partial charge < -0.3 is 15.4 Å². The molecule has 0 spiro atoms.